The van der Waals surface area contributed by atoms with Crippen molar-refractivity contribution in [3.63, 3.8) is 0 Å². The van der Waals surface area contributed by atoms with E-state index in [0.29, 0.717) is 0 Å². The summed E-state index contributed by atoms with van der Waals surface area (Å²) in [6.07, 6.45) is 0.548. The normalized spacial score (nSPS) is 23.8. The molecule has 0 bridgehead atoms. The summed E-state index contributed by atoms with van der Waals surface area (Å²) in [5.41, 5.74) is 1.10. The van der Waals surface area contributed by atoms with Crippen molar-refractivity contribution in [3.8, 4) is 0 Å². The second-order valence-electron chi connectivity index (χ2n) is 4.95. The molecule has 0 amide bonds. The minimum atomic E-state index is 0.274. The predicted molar refractivity (Wildman–Crippen MR) is 77.9 cm³/mol. The number of hydrogen-bond donors (Lipinski definition) is 1. The number of aromatic nitrogens is 1. The first-order valence-corrected chi connectivity index (χ1v) is 7.61. The molecule has 1 aromatic heterocycles. The molecule has 1 aliphatic heterocycles. The number of methoxy groups -OCH3 is 1. The minimum Gasteiger partial charge on any atom is -0.383 e. The molecule has 0 radical (unpaired) electrons. The smallest absolute Gasteiger partial charge is 0.185 e. The molecule has 1 fully saturated rings. The summed E-state index contributed by atoms with van der Waals surface area (Å²) in [7, 11) is 1.71. The van der Waals surface area contributed by atoms with E-state index in [0.717, 1.165) is 43.6 Å². The number of ether oxygens (including phenoxy) is 2. The van der Waals surface area contributed by atoms with E-state index in [-0.39, 0.29) is 12.2 Å². The summed E-state index contributed by atoms with van der Waals surface area (Å²) >= 11 is 1.71. The van der Waals surface area contributed by atoms with Crippen LogP contribution in [0.5, 0.6) is 0 Å². The Labute approximate surface area is 118 Å². The number of nitrogens with one attached hydrogen (secondary N) is 1. The Hall–Kier alpha value is -0.690. The fourth-order valence-corrected chi connectivity index (χ4v) is 3.09. The first-order chi connectivity index (χ1) is 9.19. The van der Waals surface area contributed by atoms with Gasteiger partial charge in [0.25, 0.3) is 0 Å². The molecule has 2 heterocycles. The van der Waals surface area contributed by atoms with Gasteiger partial charge < -0.3 is 19.7 Å². The van der Waals surface area contributed by atoms with Gasteiger partial charge in [-0.15, -0.1) is 11.3 Å². The molecule has 0 spiro atoms. The number of anilines is 1. The van der Waals surface area contributed by atoms with E-state index in [4.69, 9.17) is 9.47 Å². The fraction of sp³-hybridized carbons (Fsp3) is 0.769. The molecule has 5 nitrogen and oxygen atoms in total. The second kappa shape index (κ2) is 7.19. The molecule has 0 saturated carbocycles. The maximum absolute atomic E-state index is 5.75. The van der Waals surface area contributed by atoms with E-state index in [2.05, 4.69) is 34.4 Å². The second-order valence-corrected chi connectivity index (χ2v) is 5.79. The van der Waals surface area contributed by atoms with E-state index in [9.17, 15) is 0 Å². The average molecular weight is 285 g/mol. The third-order valence-electron chi connectivity index (χ3n) is 3.02. The van der Waals surface area contributed by atoms with Gasteiger partial charge in [0, 0.05) is 38.7 Å². The molecule has 1 aromatic rings. The van der Waals surface area contributed by atoms with Crippen molar-refractivity contribution in [2.45, 2.75) is 32.6 Å². The molecule has 19 heavy (non-hydrogen) atoms. The summed E-state index contributed by atoms with van der Waals surface area (Å²) in [5, 5.41) is 6.54. The lowest BCUT2D eigenvalue weighted by Crippen LogP contribution is -2.45. The Morgan fingerprint density at radius 2 is 2.21 bits per heavy atom. The van der Waals surface area contributed by atoms with Crippen LogP contribution in [0.2, 0.25) is 0 Å². The molecule has 2 atom stereocenters. The van der Waals surface area contributed by atoms with Gasteiger partial charge in [-0.1, -0.05) is 0 Å². The van der Waals surface area contributed by atoms with Crippen LogP contribution < -0.4 is 10.2 Å². The highest BCUT2D eigenvalue weighted by molar-refractivity contribution is 7.13. The lowest BCUT2D eigenvalue weighted by Gasteiger charge is -2.35. The van der Waals surface area contributed by atoms with Crippen LogP contribution in [0.1, 0.15) is 19.5 Å². The zero-order valence-electron chi connectivity index (χ0n) is 11.9. The Balaban J connectivity index is 1.85. The van der Waals surface area contributed by atoms with Gasteiger partial charge in [-0.05, 0) is 13.8 Å². The topological polar surface area (TPSA) is 46.6 Å². The van der Waals surface area contributed by atoms with Gasteiger partial charge in [-0.2, -0.15) is 0 Å². The summed E-state index contributed by atoms with van der Waals surface area (Å²) in [5.74, 6) is 0. The van der Waals surface area contributed by atoms with E-state index < -0.39 is 0 Å². The third-order valence-corrected chi connectivity index (χ3v) is 3.97. The standard InChI is InChI=1S/C13H23N3O2S/c1-10-7-16(8-11(2)18-10)13-15-12(9-19-13)6-14-4-5-17-3/h9-11,14H,4-8H2,1-3H3/t10-,11+. The first-order valence-electron chi connectivity index (χ1n) is 6.73. The molecule has 0 aliphatic carbocycles. The molecular weight excluding hydrogens is 262 g/mol. The Kier molecular flexibility index (Phi) is 5.57. The molecule has 0 aromatic carbocycles. The van der Waals surface area contributed by atoms with Crippen molar-refractivity contribution in [3.05, 3.63) is 11.1 Å². The molecule has 1 aliphatic rings. The average Bonchev–Trinajstić information content (AvgIpc) is 2.82. The minimum absolute atomic E-state index is 0.274. The monoisotopic (exact) mass is 285 g/mol. The van der Waals surface area contributed by atoms with Crippen molar-refractivity contribution in [2.75, 3.05) is 38.3 Å². The van der Waals surface area contributed by atoms with Crippen LogP contribution in [0.25, 0.3) is 0 Å². The van der Waals surface area contributed by atoms with Crippen molar-refractivity contribution in [1.82, 2.24) is 10.3 Å². The number of nitrogens with zero attached hydrogens (tertiary/aromatic N) is 2. The van der Waals surface area contributed by atoms with Crippen molar-refractivity contribution in [1.29, 1.82) is 0 Å². The van der Waals surface area contributed by atoms with Crippen molar-refractivity contribution in [2.24, 2.45) is 0 Å². The first kappa shape index (κ1) is 14.7. The van der Waals surface area contributed by atoms with Gasteiger partial charge in [0.1, 0.15) is 0 Å². The van der Waals surface area contributed by atoms with Gasteiger partial charge in [-0.25, -0.2) is 4.98 Å². The summed E-state index contributed by atoms with van der Waals surface area (Å²) in [4.78, 5) is 7.01. The van der Waals surface area contributed by atoms with Gasteiger partial charge in [0.15, 0.2) is 5.13 Å². The van der Waals surface area contributed by atoms with Gasteiger partial charge in [0.2, 0.25) is 0 Å². The van der Waals surface area contributed by atoms with Crippen LogP contribution in [0, 0.1) is 0 Å². The Morgan fingerprint density at radius 1 is 1.47 bits per heavy atom. The number of morpholine rings is 1. The van der Waals surface area contributed by atoms with Crippen LogP contribution in [-0.2, 0) is 16.0 Å². The molecule has 108 valence electrons. The number of hydrogen-bond acceptors (Lipinski definition) is 6. The molecule has 6 heteroatoms. The highest BCUT2D eigenvalue weighted by atomic mass is 32.1. The predicted octanol–water partition coefficient (Wildman–Crippen LogP) is 1.49. The maximum Gasteiger partial charge on any atom is 0.185 e. The third kappa shape index (κ3) is 4.42. The number of rotatable bonds is 6. The number of thiazole rings is 1. The van der Waals surface area contributed by atoms with Crippen LogP contribution in [-0.4, -0.2) is 50.5 Å². The van der Waals surface area contributed by atoms with Crippen LogP contribution in [0.15, 0.2) is 5.38 Å². The van der Waals surface area contributed by atoms with Crippen LogP contribution in [0.3, 0.4) is 0 Å². The SMILES string of the molecule is COCCNCc1csc(N2C[C@@H](C)O[C@@H](C)C2)n1. The lowest BCUT2D eigenvalue weighted by atomic mass is 10.2. The van der Waals surface area contributed by atoms with Crippen molar-refractivity contribution >= 4 is 16.5 Å². The molecule has 0 unspecified atom stereocenters. The van der Waals surface area contributed by atoms with E-state index >= 15 is 0 Å². The Bertz CT molecular complexity index is 376. The maximum atomic E-state index is 5.75. The highest BCUT2D eigenvalue weighted by Gasteiger charge is 2.24. The quantitative estimate of drug-likeness (QED) is 0.803. The van der Waals surface area contributed by atoms with Crippen molar-refractivity contribution < 1.29 is 9.47 Å². The van der Waals surface area contributed by atoms with Gasteiger partial charge in [0.05, 0.1) is 24.5 Å². The molecular formula is C13H23N3O2S. The van der Waals surface area contributed by atoms with E-state index in [1.54, 1.807) is 18.4 Å². The summed E-state index contributed by atoms with van der Waals surface area (Å²) in [6.45, 7) is 8.47. The van der Waals surface area contributed by atoms with E-state index in [1.807, 2.05) is 0 Å². The van der Waals surface area contributed by atoms with Gasteiger partial charge in [-0.3, -0.25) is 0 Å². The largest absolute Gasteiger partial charge is 0.383 e. The van der Waals surface area contributed by atoms with Gasteiger partial charge >= 0.3 is 0 Å². The zero-order valence-corrected chi connectivity index (χ0v) is 12.7. The highest BCUT2D eigenvalue weighted by Crippen LogP contribution is 2.24. The van der Waals surface area contributed by atoms with E-state index in [1.165, 1.54) is 0 Å². The zero-order chi connectivity index (χ0) is 13.7. The summed E-state index contributed by atoms with van der Waals surface area (Å²) in [6, 6.07) is 0. The molecule has 1 saturated heterocycles. The summed E-state index contributed by atoms with van der Waals surface area (Å²) < 4.78 is 10.7. The Morgan fingerprint density at radius 3 is 2.89 bits per heavy atom. The fourth-order valence-electron chi connectivity index (χ4n) is 2.25. The van der Waals surface area contributed by atoms with Crippen LogP contribution >= 0.6 is 11.3 Å². The lowest BCUT2D eigenvalue weighted by molar-refractivity contribution is -0.00523. The molecule has 1 N–H and O–H groups in total. The van der Waals surface area contributed by atoms with Crippen LogP contribution in [0.4, 0.5) is 5.13 Å². The molecule has 2 rings (SSSR count).